The number of hydrogen-bond donors (Lipinski definition) is 1. The number of allylic oxidation sites excluding steroid dienone is 2. The van der Waals surface area contributed by atoms with Gasteiger partial charge in [0.1, 0.15) is 27.9 Å². The molecule has 0 bridgehead atoms. The minimum absolute atomic E-state index is 0.0445. The summed E-state index contributed by atoms with van der Waals surface area (Å²) in [6.07, 6.45) is 2.75. The lowest BCUT2D eigenvalue weighted by molar-refractivity contribution is -0.387. The van der Waals surface area contributed by atoms with Gasteiger partial charge in [-0.05, 0) is 67.9 Å². The molecule has 6 atom stereocenters. The van der Waals surface area contributed by atoms with Gasteiger partial charge in [-0.15, -0.1) is 17.5 Å². The van der Waals surface area contributed by atoms with E-state index in [4.69, 9.17) is 29.5 Å². The Morgan fingerprint density at radius 1 is 0.743 bits per heavy atom. The van der Waals surface area contributed by atoms with E-state index in [-0.39, 0.29) is 35.1 Å². The van der Waals surface area contributed by atoms with Crippen LogP contribution in [0.4, 0.5) is 25.0 Å². The van der Waals surface area contributed by atoms with Gasteiger partial charge in [-0.1, -0.05) is 98.8 Å². The zero-order chi connectivity index (χ0) is 53.5. The van der Waals surface area contributed by atoms with Gasteiger partial charge >= 0.3 is 29.6 Å². The largest absolute Gasteiger partial charge is 0.457 e. The highest BCUT2D eigenvalue weighted by Gasteiger charge is 2.25. The normalized spacial score (nSPS) is 13.2. The molecule has 2 amide bonds. The minimum Gasteiger partial charge on any atom is -0.457 e. The van der Waals surface area contributed by atoms with Gasteiger partial charge in [0.2, 0.25) is 11.6 Å². The van der Waals surface area contributed by atoms with Gasteiger partial charge in [-0.2, -0.15) is 28.0 Å². The number of carbonyl (C=O) groups is 3. The molecule has 70 heavy (non-hydrogen) atoms. The number of nitriles is 1. The molecule has 4 rings (SSSR count). The van der Waals surface area contributed by atoms with Crippen LogP contribution in [0.15, 0.2) is 137 Å². The van der Waals surface area contributed by atoms with Gasteiger partial charge in [-0.3, -0.25) is 29.8 Å². The molecule has 19 nitrogen and oxygen atoms in total. The Balaban J connectivity index is 0.00000109. The standard InChI is InChI=1S/C23H25FN2O6S.C15H22N2O3S.C6H4FNO2.C2H3N.CO2/c1-4-8-16(2)14-33(31,15-22(27)32-17(3)18-9-6-5-7-10-18)25-23(28)19-11-12-20(24)21(13-19)26(29)30;1-4-8-12(2)11-21(16,19)17-15(18)20-13(3)14-9-6-5-7-10-14;7-5-3-1-2-4-6(5)8(9)10;1-2-3;2-1-3/h4-7,9-13,16-17H,1,8,14-15H2,2-3H3;4-7,9-10,12-13H,1,8,11H2,2-3H3,(H2,16,17,18,19);1-4H;1H3;/t16-,17-,33+;12-,13-,21?;;;/m00.../s1. The molecule has 0 aromatic heterocycles. The van der Waals surface area contributed by atoms with Crippen LogP contribution in [0, 0.1) is 55.0 Å². The summed E-state index contributed by atoms with van der Waals surface area (Å²) in [5.74, 6) is -4.53. The van der Waals surface area contributed by atoms with Crippen molar-refractivity contribution in [2.24, 2.45) is 25.7 Å². The number of halogens is 2. The number of nitrogens with two attached hydrogens (primary N) is 1. The highest BCUT2D eigenvalue weighted by Crippen LogP contribution is 2.22. The number of ether oxygens (including phenoxy) is 2. The van der Waals surface area contributed by atoms with Gasteiger partial charge in [-0.25, -0.2) is 18.4 Å². The van der Waals surface area contributed by atoms with Crippen molar-refractivity contribution in [3.63, 3.8) is 0 Å². The van der Waals surface area contributed by atoms with E-state index < -0.39 is 88.4 Å². The molecule has 0 aliphatic rings. The van der Waals surface area contributed by atoms with E-state index in [1.54, 1.807) is 63.3 Å². The second-order valence-corrected chi connectivity index (χ2v) is 18.9. The number of amides is 2. The lowest BCUT2D eigenvalue weighted by Crippen LogP contribution is -2.25. The van der Waals surface area contributed by atoms with Crippen LogP contribution in [0.1, 0.15) is 81.2 Å². The molecule has 0 saturated heterocycles. The molecule has 0 saturated carbocycles. The predicted molar refractivity (Wildman–Crippen MR) is 257 cm³/mol. The number of nitro benzene ring substituents is 2. The molecule has 0 radical (unpaired) electrons. The first-order valence-corrected chi connectivity index (χ1v) is 24.2. The van der Waals surface area contributed by atoms with E-state index in [0.717, 1.165) is 41.5 Å². The number of para-hydroxylation sites is 1. The van der Waals surface area contributed by atoms with Crippen LogP contribution in [0.2, 0.25) is 0 Å². The Labute approximate surface area is 405 Å². The molecule has 2 N–H and O–H groups in total. The lowest BCUT2D eigenvalue weighted by Gasteiger charge is -2.17. The average Bonchev–Trinajstić information content (AvgIpc) is 3.27. The minimum atomic E-state index is -3.44. The Morgan fingerprint density at radius 2 is 1.17 bits per heavy atom. The zero-order valence-electron chi connectivity index (χ0n) is 38.9. The highest BCUT2D eigenvalue weighted by atomic mass is 32.2. The van der Waals surface area contributed by atoms with Crippen LogP contribution in [0.3, 0.4) is 0 Å². The first-order chi connectivity index (χ1) is 32.9. The fourth-order valence-electron chi connectivity index (χ4n) is 5.61. The third-order valence-corrected chi connectivity index (χ3v) is 12.4. The second kappa shape index (κ2) is 33.0. The fraction of sp³-hybridized carbons (Fsp3) is 0.298. The van der Waals surface area contributed by atoms with Gasteiger partial charge in [0, 0.05) is 36.1 Å². The summed E-state index contributed by atoms with van der Waals surface area (Å²) in [5, 5.41) is 33.9. The quantitative estimate of drug-likeness (QED) is 0.0445. The summed E-state index contributed by atoms with van der Waals surface area (Å²) in [6.45, 7) is 15.7. The first-order valence-electron chi connectivity index (χ1n) is 20.6. The van der Waals surface area contributed by atoms with E-state index >= 15 is 0 Å². The van der Waals surface area contributed by atoms with Gasteiger partial charge in [0.25, 0.3) is 5.91 Å². The van der Waals surface area contributed by atoms with Crippen LogP contribution in [0.5, 0.6) is 0 Å². The Hall–Kier alpha value is -7.64. The number of nitro groups is 2. The second-order valence-electron chi connectivity index (χ2n) is 14.6. The predicted octanol–water partition coefficient (Wildman–Crippen LogP) is 9.98. The molecule has 23 heteroatoms. The molecule has 0 fully saturated rings. The van der Waals surface area contributed by atoms with Gasteiger partial charge in [0.15, 0.2) is 0 Å². The monoisotopic (exact) mass is 1010 g/mol. The van der Waals surface area contributed by atoms with Gasteiger partial charge < -0.3 is 9.47 Å². The summed E-state index contributed by atoms with van der Waals surface area (Å²) >= 11 is 0. The first kappa shape index (κ1) is 62.4. The van der Waals surface area contributed by atoms with E-state index in [1.807, 2.05) is 43.3 Å². The molecule has 4 aromatic carbocycles. The van der Waals surface area contributed by atoms with Crippen LogP contribution >= 0.6 is 0 Å². The van der Waals surface area contributed by atoms with E-state index in [9.17, 15) is 51.8 Å². The van der Waals surface area contributed by atoms with Crippen molar-refractivity contribution >= 4 is 55.1 Å². The van der Waals surface area contributed by atoms with Crippen LogP contribution in [0.25, 0.3) is 0 Å². The van der Waals surface area contributed by atoms with E-state index in [0.29, 0.717) is 12.8 Å². The van der Waals surface area contributed by atoms with E-state index in [1.165, 1.54) is 19.1 Å². The van der Waals surface area contributed by atoms with E-state index in [2.05, 4.69) is 21.9 Å². The number of benzene rings is 4. The summed E-state index contributed by atoms with van der Waals surface area (Å²) in [4.78, 5) is 72.4. The van der Waals surface area contributed by atoms with Crippen molar-refractivity contribution < 1.29 is 60.5 Å². The summed E-state index contributed by atoms with van der Waals surface area (Å²) in [5.41, 5.74) is -0.118. The molecule has 0 aliphatic heterocycles. The number of carbonyl (C=O) groups excluding carboxylic acids is 5. The average molecular weight is 1010 g/mol. The summed E-state index contributed by atoms with van der Waals surface area (Å²) in [6, 6.07) is 27.4. The fourth-order valence-corrected chi connectivity index (χ4v) is 9.06. The molecule has 4 aromatic rings. The molecule has 0 heterocycles. The number of esters is 1. The lowest BCUT2D eigenvalue weighted by atomic mass is 10.1. The summed E-state index contributed by atoms with van der Waals surface area (Å²) < 4.78 is 69.4. The molecular formula is C47H54F2N6O13S2. The molecule has 1 unspecified atom stereocenters. The molecule has 0 spiro atoms. The maximum Gasteiger partial charge on any atom is 0.443 e. The van der Waals surface area contributed by atoms with Crippen LogP contribution in [-0.4, -0.2) is 59.6 Å². The Bertz CT molecular complexity index is 2720. The summed E-state index contributed by atoms with van der Waals surface area (Å²) in [7, 11) is -6.52. The number of hydrogen-bond acceptors (Lipinski definition) is 14. The zero-order valence-corrected chi connectivity index (χ0v) is 40.6. The molecule has 376 valence electrons. The highest BCUT2D eigenvalue weighted by molar-refractivity contribution is 7.94. The molecular weight excluding hydrogens is 959 g/mol. The van der Waals surface area contributed by atoms with Crippen molar-refractivity contribution in [1.29, 1.82) is 5.26 Å². The van der Waals surface area contributed by atoms with Crippen molar-refractivity contribution in [1.82, 2.24) is 0 Å². The maximum atomic E-state index is 13.6. The number of rotatable bonds is 17. The van der Waals surface area contributed by atoms with Crippen molar-refractivity contribution in [3.05, 3.63) is 177 Å². The van der Waals surface area contributed by atoms with Crippen LogP contribution in [-0.2, 0) is 43.5 Å². The van der Waals surface area contributed by atoms with Crippen molar-refractivity contribution in [2.45, 2.75) is 59.7 Å². The van der Waals surface area contributed by atoms with Crippen LogP contribution < -0.4 is 5.14 Å². The molecule has 0 aliphatic carbocycles. The topological polar surface area (TPSA) is 299 Å². The SMILES string of the molecule is C=CC[C@H](C)CS(N)(=O)=NC(=O)O[C@@H](C)c1ccccc1.C=CC[C@H](C)C[S@@](=O)(CC(=O)O[C@@H](C)c1ccccc1)=NC(=O)c1ccc(F)c([N+](=O)[O-])c1.CC#N.O=C=O.O=[N+]([O-])c1ccccc1F. The third-order valence-electron chi connectivity index (χ3n) is 8.59. The van der Waals surface area contributed by atoms with Gasteiger partial charge in [0.05, 0.1) is 25.6 Å². The van der Waals surface area contributed by atoms with Crippen molar-refractivity contribution in [2.75, 3.05) is 17.3 Å². The third kappa shape index (κ3) is 25.5. The Kier molecular flexibility index (Phi) is 29.4. The van der Waals surface area contributed by atoms with Crippen molar-refractivity contribution in [3.8, 4) is 6.07 Å². The Morgan fingerprint density at radius 3 is 1.61 bits per heavy atom. The number of nitrogens with zero attached hydrogens (tertiary/aromatic N) is 5. The smallest absolute Gasteiger partial charge is 0.443 e. The maximum absolute atomic E-state index is 13.6.